The van der Waals surface area contributed by atoms with Gasteiger partial charge >= 0.3 is 0 Å². The number of hydrogen-bond acceptors (Lipinski definition) is 5. The highest BCUT2D eigenvalue weighted by Crippen LogP contribution is 2.15. The molecule has 1 aliphatic rings. The van der Waals surface area contributed by atoms with Gasteiger partial charge in [0.25, 0.3) is 5.91 Å². The topological polar surface area (TPSA) is 78.4 Å². The maximum atomic E-state index is 12.4. The van der Waals surface area contributed by atoms with Gasteiger partial charge < -0.3 is 15.1 Å². The van der Waals surface area contributed by atoms with Gasteiger partial charge in [-0.05, 0) is 18.9 Å². The molecule has 1 N–H and O–H groups in total. The quantitative estimate of drug-likeness (QED) is 0.785. The van der Waals surface area contributed by atoms with E-state index in [0.717, 1.165) is 18.6 Å². The van der Waals surface area contributed by atoms with Gasteiger partial charge in [-0.2, -0.15) is 0 Å². The van der Waals surface area contributed by atoms with Gasteiger partial charge in [-0.15, -0.1) is 0 Å². The highest BCUT2D eigenvalue weighted by Gasteiger charge is 2.19. The highest BCUT2D eigenvalue weighted by molar-refractivity contribution is 5.93. The van der Waals surface area contributed by atoms with E-state index in [1.807, 2.05) is 30.3 Å². The van der Waals surface area contributed by atoms with Crippen LogP contribution in [0.15, 0.2) is 36.4 Å². The van der Waals surface area contributed by atoms with Crippen LogP contribution in [0.25, 0.3) is 0 Å². The van der Waals surface area contributed by atoms with Crippen molar-refractivity contribution in [1.82, 2.24) is 20.2 Å². The molecule has 0 atom stereocenters. The number of piperazine rings is 1. The third kappa shape index (κ3) is 4.56. The smallest absolute Gasteiger partial charge is 0.270 e. The van der Waals surface area contributed by atoms with E-state index in [1.165, 1.54) is 5.56 Å². The van der Waals surface area contributed by atoms with Crippen LogP contribution in [-0.4, -0.2) is 59.9 Å². The predicted octanol–water partition coefficient (Wildman–Crippen LogP) is 1.04. The Kier molecular flexibility index (Phi) is 5.78. The number of carbonyl (C=O) groups excluding carboxylic acids is 2. The van der Waals surface area contributed by atoms with Crippen molar-refractivity contribution >= 4 is 18.1 Å². The molecule has 1 fully saturated rings. The molecule has 1 aliphatic heterocycles. The maximum absolute atomic E-state index is 12.4. The zero-order valence-electron chi connectivity index (χ0n) is 14.9. The minimum Gasteiger partial charge on any atom is -0.353 e. The Hall–Kier alpha value is -2.96. The molecule has 0 saturated carbocycles. The van der Waals surface area contributed by atoms with Crippen LogP contribution in [0, 0.1) is 6.92 Å². The van der Waals surface area contributed by atoms with E-state index in [1.54, 1.807) is 17.9 Å². The number of carbonyl (C=O) groups is 2. The third-order valence-corrected chi connectivity index (χ3v) is 4.39. The van der Waals surface area contributed by atoms with Crippen LogP contribution in [0.1, 0.15) is 21.9 Å². The Morgan fingerprint density at radius 2 is 1.88 bits per heavy atom. The normalized spacial score (nSPS) is 14.2. The zero-order chi connectivity index (χ0) is 18.4. The minimum atomic E-state index is -0.195. The van der Waals surface area contributed by atoms with Crippen LogP contribution in [0.3, 0.4) is 0 Å². The standard InChI is InChI=1S/C19H23N5O2/c1-15-21-17(19(26)20-8-7-16-5-3-2-4-6-16)13-18(22-15)24-11-9-23(14-25)10-12-24/h2-6,13-14H,7-12H2,1H3,(H,20,26). The summed E-state index contributed by atoms with van der Waals surface area (Å²) in [6.07, 6.45) is 1.64. The van der Waals surface area contributed by atoms with Crippen LogP contribution in [0.4, 0.5) is 5.82 Å². The van der Waals surface area contributed by atoms with E-state index < -0.39 is 0 Å². The summed E-state index contributed by atoms with van der Waals surface area (Å²) < 4.78 is 0. The SMILES string of the molecule is Cc1nc(C(=O)NCCc2ccccc2)cc(N2CCN(C=O)CC2)n1. The van der Waals surface area contributed by atoms with Gasteiger partial charge in [0.1, 0.15) is 17.3 Å². The molecule has 2 heterocycles. The number of nitrogens with zero attached hydrogens (tertiary/aromatic N) is 4. The summed E-state index contributed by atoms with van der Waals surface area (Å²) in [5, 5.41) is 2.92. The van der Waals surface area contributed by atoms with Crippen molar-refractivity contribution in [3.8, 4) is 0 Å². The molecule has 1 aromatic heterocycles. The lowest BCUT2D eigenvalue weighted by molar-refractivity contribution is -0.118. The second-order valence-corrected chi connectivity index (χ2v) is 6.28. The molecule has 2 aromatic rings. The predicted molar refractivity (Wildman–Crippen MR) is 99.1 cm³/mol. The van der Waals surface area contributed by atoms with Crippen molar-refractivity contribution in [1.29, 1.82) is 0 Å². The summed E-state index contributed by atoms with van der Waals surface area (Å²) in [6, 6.07) is 11.8. The van der Waals surface area contributed by atoms with Crippen molar-refractivity contribution in [2.75, 3.05) is 37.6 Å². The number of anilines is 1. The number of aryl methyl sites for hydroxylation is 1. The summed E-state index contributed by atoms with van der Waals surface area (Å²) in [4.78, 5) is 35.8. The molecule has 3 rings (SSSR count). The summed E-state index contributed by atoms with van der Waals surface area (Å²) in [7, 11) is 0. The van der Waals surface area contributed by atoms with Gasteiger partial charge in [0.05, 0.1) is 0 Å². The fourth-order valence-electron chi connectivity index (χ4n) is 2.94. The molecular weight excluding hydrogens is 330 g/mol. The van der Waals surface area contributed by atoms with E-state index in [-0.39, 0.29) is 5.91 Å². The minimum absolute atomic E-state index is 0.195. The van der Waals surface area contributed by atoms with Crippen molar-refractivity contribution in [2.24, 2.45) is 0 Å². The molecule has 0 aliphatic carbocycles. The van der Waals surface area contributed by atoms with E-state index in [9.17, 15) is 9.59 Å². The second kappa shape index (κ2) is 8.42. The first-order chi connectivity index (χ1) is 12.7. The summed E-state index contributed by atoms with van der Waals surface area (Å²) >= 11 is 0. The Morgan fingerprint density at radius 1 is 1.15 bits per heavy atom. The van der Waals surface area contributed by atoms with Gasteiger partial charge in [0, 0.05) is 38.8 Å². The summed E-state index contributed by atoms with van der Waals surface area (Å²) in [5.41, 5.74) is 1.55. The molecular formula is C19H23N5O2. The molecule has 2 amide bonds. The van der Waals surface area contributed by atoms with Crippen LogP contribution in [-0.2, 0) is 11.2 Å². The Bertz CT molecular complexity index is 758. The van der Waals surface area contributed by atoms with Gasteiger partial charge in [-0.1, -0.05) is 30.3 Å². The van der Waals surface area contributed by atoms with Crippen LogP contribution >= 0.6 is 0 Å². The Morgan fingerprint density at radius 3 is 2.58 bits per heavy atom. The van der Waals surface area contributed by atoms with E-state index in [2.05, 4.69) is 20.2 Å². The lowest BCUT2D eigenvalue weighted by Gasteiger charge is -2.33. The van der Waals surface area contributed by atoms with Crippen molar-refractivity contribution in [3.63, 3.8) is 0 Å². The van der Waals surface area contributed by atoms with Crippen LogP contribution in [0.5, 0.6) is 0 Å². The Labute approximate surface area is 153 Å². The summed E-state index contributed by atoms with van der Waals surface area (Å²) in [5.74, 6) is 1.10. The van der Waals surface area contributed by atoms with Gasteiger partial charge in [0.15, 0.2) is 0 Å². The van der Waals surface area contributed by atoms with Crippen molar-refractivity contribution < 1.29 is 9.59 Å². The number of benzene rings is 1. The second-order valence-electron chi connectivity index (χ2n) is 6.28. The molecule has 26 heavy (non-hydrogen) atoms. The fourth-order valence-corrected chi connectivity index (χ4v) is 2.94. The van der Waals surface area contributed by atoms with E-state index in [4.69, 9.17) is 0 Å². The number of amides is 2. The van der Waals surface area contributed by atoms with Crippen molar-refractivity contribution in [3.05, 3.63) is 53.5 Å². The zero-order valence-corrected chi connectivity index (χ0v) is 14.9. The van der Waals surface area contributed by atoms with Gasteiger partial charge in [-0.25, -0.2) is 9.97 Å². The number of hydrogen-bond donors (Lipinski definition) is 1. The van der Waals surface area contributed by atoms with Gasteiger partial charge in [0.2, 0.25) is 6.41 Å². The molecule has 0 bridgehead atoms. The number of rotatable bonds is 6. The average Bonchev–Trinajstić information content (AvgIpc) is 2.68. The first kappa shape index (κ1) is 17.8. The molecule has 7 nitrogen and oxygen atoms in total. The first-order valence-electron chi connectivity index (χ1n) is 8.78. The lowest BCUT2D eigenvalue weighted by Crippen LogP contribution is -2.46. The third-order valence-electron chi connectivity index (χ3n) is 4.39. The fraction of sp³-hybridized carbons (Fsp3) is 0.368. The van der Waals surface area contributed by atoms with Gasteiger partial charge in [-0.3, -0.25) is 9.59 Å². The highest BCUT2D eigenvalue weighted by atomic mass is 16.2. The maximum Gasteiger partial charge on any atom is 0.270 e. The summed E-state index contributed by atoms with van der Waals surface area (Å²) in [6.45, 7) is 5.05. The number of aromatic nitrogens is 2. The van der Waals surface area contributed by atoms with E-state index in [0.29, 0.717) is 44.2 Å². The first-order valence-corrected chi connectivity index (χ1v) is 8.78. The lowest BCUT2D eigenvalue weighted by atomic mass is 10.1. The molecule has 0 unspecified atom stereocenters. The number of nitrogens with one attached hydrogen (secondary N) is 1. The van der Waals surface area contributed by atoms with Crippen molar-refractivity contribution in [2.45, 2.75) is 13.3 Å². The van der Waals surface area contributed by atoms with Crippen LogP contribution in [0.2, 0.25) is 0 Å². The molecule has 136 valence electrons. The monoisotopic (exact) mass is 353 g/mol. The Balaban J connectivity index is 1.61. The molecule has 1 aromatic carbocycles. The average molecular weight is 353 g/mol. The molecule has 0 spiro atoms. The van der Waals surface area contributed by atoms with E-state index >= 15 is 0 Å². The molecule has 1 saturated heterocycles. The largest absolute Gasteiger partial charge is 0.353 e. The molecule has 0 radical (unpaired) electrons. The molecule has 7 heteroatoms. The van der Waals surface area contributed by atoms with Crippen LogP contribution < -0.4 is 10.2 Å².